The van der Waals surface area contributed by atoms with Crippen molar-refractivity contribution in [3.8, 4) is 22.5 Å². The maximum absolute atomic E-state index is 13.6. The third-order valence-corrected chi connectivity index (χ3v) is 8.78. The lowest BCUT2D eigenvalue weighted by molar-refractivity contribution is -0.141. The van der Waals surface area contributed by atoms with Gasteiger partial charge in [-0.2, -0.15) is 13.2 Å². The van der Waals surface area contributed by atoms with Crippen molar-refractivity contribution < 1.29 is 26.7 Å². The van der Waals surface area contributed by atoms with Crippen LogP contribution < -0.4 is 0 Å². The van der Waals surface area contributed by atoms with Gasteiger partial charge in [0, 0.05) is 29.0 Å². The van der Waals surface area contributed by atoms with E-state index in [1.165, 1.54) is 23.6 Å². The number of hydrogen-bond donors (Lipinski definition) is 1. The van der Waals surface area contributed by atoms with Crippen molar-refractivity contribution >= 4 is 21.4 Å². The highest BCUT2D eigenvalue weighted by atomic mass is 35.5. The second-order valence-corrected chi connectivity index (χ2v) is 12.7. The fourth-order valence-electron chi connectivity index (χ4n) is 4.94. The molecule has 1 unspecified atom stereocenters. The lowest BCUT2D eigenvalue weighted by atomic mass is 9.97. The Labute approximate surface area is 251 Å². The number of alkyl halides is 3. The number of benzene rings is 3. The van der Waals surface area contributed by atoms with Gasteiger partial charge >= 0.3 is 6.18 Å². The number of rotatable bonds is 7. The number of hydrogen-bond acceptors (Lipinski definition) is 6. The Balaban J connectivity index is 1.75. The Kier molecular flexibility index (Phi) is 7.97. The molecular weight excluding hydrogens is 603 g/mol. The van der Waals surface area contributed by atoms with Crippen LogP contribution in [0.4, 0.5) is 13.2 Å². The Bertz CT molecular complexity index is 1930. The van der Waals surface area contributed by atoms with Gasteiger partial charge in [-0.05, 0) is 54.8 Å². The van der Waals surface area contributed by atoms with Crippen LogP contribution in [0.5, 0.6) is 0 Å². The molecule has 0 radical (unpaired) electrons. The molecule has 3 aromatic carbocycles. The summed E-state index contributed by atoms with van der Waals surface area (Å²) in [5, 5.41) is 18.3. The SMILES string of the molecule is Cc1ccc(C(C)c2cnnn2-c2cc(-c3cc(Cl)c(CO)c(S(C)(=O)=O)c3)ccc2-n2cc(C(F)(F)F)nc2C)cc1. The summed E-state index contributed by atoms with van der Waals surface area (Å²) in [4.78, 5) is 3.60. The summed E-state index contributed by atoms with van der Waals surface area (Å²) in [6, 6.07) is 15.8. The predicted molar refractivity (Wildman–Crippen MR) is 156 cm³/mol. The van der Waals surface area contributed by atoms with Crippen molar-refractivity contribution in [1.29, 1.82) is 0 Å². The van der Waals surface area contributed by atoms with Gasteiger partial charge in [-0.15, -0.1) is 5.10 Å². The van der Waals surface area contributed by atoms with Crippen molar-refractivity contribution in [3.63, 3.8) is 0 Å². The molecule has 8 nitrogen and oxygen atoms in total. The van der Waals surface area contributed by atoms with Crippen LogP contribution in [0.15, 0.2) is 71.9 Å². The third-order valence-electron chi connectivity index (χ3n) is 7.28. The van der Waals surface area contributed by atoms with Crippen LogP contribution in [-0.4, -0.2) is 44.3 Å². The minimum atomic E-state index is -4.65. The lowest BCUT2D eigenvalue weighted by Crippen LogP contribution is -2.11. The molecule has 1 N–H and O–H groups in total. The summed E-state index contributed by atoms with van der Waals surface area (Å²) < 4.78 is 68.7. The van der Waals surface area contributed by atoms with E-state index >= 15 is 0 Å². The van der Waals surface area contributed by atoms with E-state index in [1.807, 2.05) is 38.1 Å². The first-order valence-corrected chi connectivity index (χ1v) is 15.3. The third kappa shape index (κ3) is 5.95. The molecule has 5 aromatic rings. The van der Waals surface area contributed by atoms with E-state index in [4.69, 9.17) is 11.6 Å². The summed E-state index contributed by atoms with van der Waals surface area (Å²) in [6.07, 6.45) is -1.12. The summed E-state index contributed by atoms with van der Waals surface area (Å²) in [5.74, 6) is -0.0962. The van der Waals surface area contributed by atoms with E-state index < -0.39 is 28.3 Å². The number of aliphatic hydroxyl groups excluding tert-OH is 1. The summed E-state index contributed by atoms with van der Waals surface area (Å²) in [5.41, 5.74) is 3.41. The molecular formula is C30H27ClF3N5O3S. The van der Waals surface area contributed by atoms with E-state index in [0.29, 0.717) is 28.2 Å². The highest BCUT2D eigenvalue weighted by Gasteiger charge is 2.35. The lowest BCUT2D eigenvalue weighted by Gasteiger charge is -2.19. The molecule has 13 heteroatoms. The molecule has 1 atom stereocenters. The predicted octanol–water partition coefficient (Wildman–Crippen LogP) is 6.46. The Morgan fingerprint density at radius 1 is 1.00 bits per heavy atom. The van der Waals surface area contributed by atoms with Crippen molar-refractivity contribution in [2.45, 2.75) is 44.4 Å². The second kappa shape index (κ2) is 11.3. The fraction of sp³-hybridized carbons (Fsp3) is 0.233. The number of aryl methyl sites for hydroxylation is 2. The van der Waals surface area contributed by atoms with E-state index in [2.05, 4.69) is 15.3 Å². The molecule has 0 aliphatic heterocycles. The molecule has 5 rings (SSSR count). The molecule has 43 heavy (non-hydrogen) atoms. The van der Waals surface area contributed by atoms with Crippen LogP contribution >= 0.6 is 11.6 Å². The molecule has 2 aromatic heterocycles. The smallest absolute Gasteiger partial charge is 0.392 e. The normalized spacial score (nSPS) is 13.0. The number of imidazole rings is 1. The minimum Gasteiger partial charge on any atom is -0.392 e. The Hall–Kier alpha value is -4.00. The van der Waals surface area contributed by atoms with Crippen LogP contribution in [-0.2, 0) is 22.6 Å². The van der Waals surface area contributed by atoms with Crippen LogP contribution in [0, 0.1) is 13.8 Å². The van der Waals surface area contributed by atoms with Gasteiger partial charge in [0.25, 0.3) is 0 Å². The zero-order chi connectivity index (χ0) is 31.3. The Morgan fingerprint density at radius 3 is 2.30 bits per heavy atom. The standard InChI is InChI=1S/C30H27ClF3N5O3S/c1-17-5-7-20(8-6-17)18(2)27-14-35-37-39(27)26-12-21(22-11-24(31)23(16-40)28(13-22)43(4,41)42)9-10-25(26)38-15-29(30(32,33)34)36-19(38)3/h5-15,18,40H,16H2,1-4H3. The van der Waals surface area contributed by atoms with Crippen LogP contribution in [0.25, 0.3) is 22.5 Å². The van der Waals surface area contributed by atoms with Gasteiger partial charge in [-0.25, -0.2) is 18.1 Å². The van der Waals surface area contributed by atoms with Crippen molar-refractivity contribution in [3.05, 3.63) is 106 Å². The molecule has 0 saturated heterocycles. The average Bonchev–Trinajstić information content (AvgIpc) is 3.59. The first kappa shape index (κ1) is 30.5. The van der Waals surface area contributed by atoms with Crippen molar-refractivity contribution in [2.24, 2.45) is 0 Å². The molecule has 0 aliphatic carbocycles. The maximum Gasteiger partial charge on any atom is 0.434 e. The van der Waals surface area contributed by atoms with Gasteiger partial charge in [0.05, 0.1) is 34.8 Å². The molecule has 0 fully saturated rings. The number of aromatic nitrogens is 5. The quantitative estimate of drug-likeness (QED) is 0.222. The molecule has 0 aliphatic rings. The first-order valence-electron chi connectivity index (χ1n) is 13.1. The summed E-state index contributed by atoms with van der Waals surface area (Å²) in [6.45, 7) is 4.84. The monoisotopic (exact) mass is 629 g/mol. The van der Waals surface area contributed by atoms with Crippen LogP contribution in [0.2, 0.25) is 5.02 Å². The second-order valence-electron chi connectivity index (χ2n) is 10.3. The van der Waals surface area contributed by atoms with Gasteiger partial charge in [0.2, 0.25) is 0 Å². The van der Waals surface area contributed by atoms with Gasteiger partial charge in [0.1, 0.15) is 5.82 Å². The van der Waals surface area contributed by atoms with Crippen molar-refractivity contribution in [1.82, 2.24) is 24.5 Å². The largest absolute Gasteiger partial charge is 0.434 e. The van der Waals surface area contributed by atoms with E-state index in [0.717, 1.165) is 23.6 Å². The van der Waals surface area contributed by atoms with Gasteiger partial charge in [0.15, 0.2) is 15.5 Å². The topological polar surface area (TPSA) is 103 Å². The molecule has 224 valence electrons. The first-order chi connectivity index (χ1) is 20.2. The highest BCUT2D eigenvalue weighted by Crippen LogP contribution is 2.36. The number of aliphatic hydroxyl groups is 1. The average molecular weight is 630 g/mol. The van der Waals surface area contributed by atoms with Crippen LogP contribution in [0.3, 0.4) is 0 Å². The minimum absolute atomic E-state index is 0.0563. The maximum atomic E-state index is 13.6. The number of nitrogens with zero attached hydrogens (tertiary/aromatic N) is 5. The zero-order valence-electron chi connectivity index (χ0n) is 23.6. The van der Waals surface area contributed by atoms with Crippen LogP contribution in [0.1, 0.15) is 46.7 Å². The van der Waals surface area contributed by atoms with E-state index in [-0.39, 0.29) is 27.2 Å². The van der Waals surface area contributed by atoms with Gasteiger partial charge in [-0.1, -0.05) is 59.6 Å². The number of sulfone groups is 1. The van der Waals surface area contributed by atoms with E-state index in [1.54, 1.807) is 29.1 Å². The molecule has 0 spiro atoms. The highest BCUT2D eigenvalue weighted by molar-refractivity contribution is 7.90. The fourth-order valence-corrected chi connectivity index (χ4v) is 6.24. The summed E-state index contributed by atoms with van der Waals surface area (Å²) in [7, 11) is -3.76. The van der Waals surface area contributed by atoms with E-state index in [9.17, 15) is 26.7 Å². The summed E-state index contributed by atoms with van der Waals surface area (Å²) >= 11 is 6.40. The molecule has 0 bridgehead atoms. The van der Waals surface area contributed by atoms with Crippen molar-refractivity contribution in [2.75, 3.05) is 6.26 Å². The molecule has 0 saturated carbocycles. The van der Waals surface area contributed by atoms with Gasteiger partial charge < -0.3 is 9.67 Å². The van der Waals surface area contributed by atoms with Gasteiger partial charge in [-0.3, -0.25) is 0 Å². The zero-order valence-corrected chi connectivity index (χ0v) is 25.1. The molecule has 2 heterocycles. The molecule has 0 amide bonds. The Morgan fingerprint density at radius 2 is 1.70 bits per heavy atom. The number of halogens is 4.